The highest BCUT2D eigenvalue weighted by atomic mass is 16.5. The van der Waals surface area contributed by atoms with E-state index in [1.165, 1.54) is 11.1 Å². The summed E-state index contributed by atoms with van der Waals surface area (Å²) in [5.41, 5.74) is 5.22. The molecule has 1 aliphatic rings. The van der Waals surface area contributed by atoms with E-state index in [2.05, 4.69) is 43.1 Å². The van der Waals surface area contributed by atoms with Gasteiger partial charge in [0, 0.05) is 17.7 Å². The van der Waals surface area contributed by atoms with Crippen molar-refractivity contribution in [1.29, 1.82) is 0 Å². The highest BCUT2D eigenvalue weighted by Crippen LogP contribution is 2.35. The number of ketones is 1. The topological polar surface area (TPSA) is 59.2 Å². The molecule has 4 heteroatoms. The van der Waals surface area contributed by atoms with Crippen LogP contribution >= 0.6 is 0 Å². The predicted octanol–water partition coefficient (Wildman–Crippen LogP) is 5.54. The van der Waals surface area contributed by atoms with Crippen molar-refractivity contribution in [3.8, 4) is 0 Å². The Balaban J connectivity index is 1.72. The van der Waals surface area contributed by atoms with Gasteiger partial charge in [0.25, 0.3) is 0 Å². The van der Waals surface area contributed by atoms with Crippen LogP contribution in [0.1, 0.15) is 95.1 Å². The smallest absolute Gasteiger partial charge is 0.355 e. The highest BCUT2D eigenvalue weighted by Gasteiger charge is 2.32. The Morgan fingerprint density at radius 1 is 1.11 bits per heavy atom. The van der Waals surface area contributed by atoms with Crippen LogP contribution in [0.25, 0.3) is 0 Å². The molecular formula is C24H31NO3. The molecule has 0 spiro atoms. The zero-order valence-corrected chi connectivity index (χ0v) is 17.3. The van der Waals surface area contributed by atoms with Gasteiger partial charge in [-0.1, -0.05) is 57.4 Å². The summed E-state index contributed by atoms with van der Waals surface area (Å²) in [7, 11) is 0. The van der Waals surface area contributed by atoms with E-state index >= 15 is 0 Å². The maximum Gasteiger partial charge on any atom is 0.355 e. The standard InChI is InChI=1S/C24H31NO3/c1-4-6-7-8-13-28-24(27)23-16(3)22-20(25-23)14-19(15-21(22)26)18-11-9-17(5-2)10-12-18/h9-12,19,25H,4-8,13-15H2,1-3H3/t19-/m0/s1. The monoisotopic (exact) mass is 381 g/mol. The molecule has 0 unspecified atom stereocenters. The average Bonchev–Trinajstić information content (AvgIpc) is 3.04. The minimum absolute atomic E-state index is 0.113. The lowest BCUT2D eigenvalue weighted by Gasteiger charge is -2.22. The number of fused-ring (bicyclic) bond motifs is 1. The lowest BCUT2D eigenvalue weighted by Crippen LogP contribution is -2.18. The van der Waals surface area contributed by atoms with Gasteiger partial charge in [-0.05, 0) is 48.8 Å². The first-order chi connectivity index (χ1) is 13.5. The van der Waals surface area contributed by atoms with Crippen LogP contribution in [0.4, 0.5) is 0 Å². The maximum atomic E-state index is 12.8. The Kier molecular flexibility index (Phi) is 6.71. The number of aromatic amines is 1. The highest BCUT2D eigenvalue weighted by molar-refractivity contribution is 6.03. The molecule has 28 heavy (non-hydrogen) atoms. The van der Waals surface area contributed by atoms with Crippen LogP contribution in [0.2, 0.25) is 0 Å². The molecule has 2 aromatic rings. The minimum Gasteiger partial charge on any atom is -0.461 e. The molecular weight excluding hydrogens is 350 g/mol. The maximum absolute atomic E-state index is 12.8. The van der Waals surface area contributed by atoms with Crippen molar-refractivity contribution in [1.82, 2.24) is 4.98 Å². The summed E-state index contributed by atoms with van der Waals surface area (Å²) in [5.74, 6) is -0.0801. The zero-order valence-electron chi connectivity index (χ0n) is 17.3. The molecule has 1 heterocycles. The van der Waals surface area contributed by atoms with Crippen LogP contribution in [0.3, 0.4) is 0 Å². The fraction of sp³-hybridized carbons (Fsp3) is 0.500. The van der Waals surface area contributed by atoms with E-state index in [1.807, 2.05) is 6.92 Å². The van der Waals surface area contributed by atoms with Gasteiger partial charge in [-0.25, -0.2) is 4.79 Å². The second-order valence-corrected chi connectivity index (χ2v) is 7.80. The summed E-state index contributed by atoms with van der Waals surface area (Å²) in [6.07, 6.45) is 6.51. The summed E-state index contributed by atoms with van der Waals surface area (Å²) in [5, 5.41) is 0. The van der Waals surface area contributed by atoms with Gasteiger partial charge in [-0.15, -0.1) is 0 Å². The Labute approximate surface area is 167 Å². The molecule has 0 radical (unpaired) electrons. The molecule has 0 saturated heterocycles. The van der Waals surface area contributed by atoms with Crippen molar-refractivity contribution in [3.63, 3.8) is 0 Å². The average molecular weight is 382 g/mol. The van der Waals surface area contributed by atoms with E-state index in [4.69, 9.17) is 4.74 Å². The third-order valence-electron chi connectivity index (χ3n) is 5.78. The number of aromatic nitrogens is 1. The van der Waals surface area contributed by atoms with Crippen molar-refractivity contribution in [2.75, 3.05) is 6.61 Å². The summed E-state index contributed by atoms with van der Waals surface area (Å²) >= 11 is 0. The van der Waals surface area contributed by atoms with Gasteiger partial charge < -0.3 is 9.72 Å². The van der Waals surface area contributed by atoms with E-state index in [9.17, 15) is 9.59 Å². The number of nitrogens with one attached hydrogen (secondary N) is 1. The molecule has 150 valence electrons. The second kappa shape index (κ2) is 9.22. The molecule has 0 bridgehead atoms. The quantitative estimate of drug-likeness (QED) is 0.483. The van der Waals surface area contributed by atoms with Crippen LogP contribution in [-0.4, -0.2) is 23.3 Å². The molecule has 1 N–H and O–H groups in total. The molecule has 4 nitrogen and oxygen atoms in total. The molecule has 0 amide bonds. The number of unbranched alkanes of at least 4 members (excludes halogenated alkanes) is 3. The summed E-state index contributed by atoms with van der Waals surface area (Å²) in [6, 6.07) is 8.53. The van der Waals surface area contributed by atoms with Crippen LogP contribution < -0.4 is 0 Å². The van der Waals surface area contributed by atoms with Crippen molar-refractivity contribution >= 4 is 11.8 Å². The van der Waals surface area contributed by atoms with Gasteiger partial charge in [-0.3, -0.25) is 4.79 Å². The number of ether oxygens (including phenoxy) is 1. The van der Waals surface area contributed by atoms with Crippen molar-refractivity contribution < 1.29 is 14.3 Å². The first kappa shape index (κ1) is 20.4. The predicted molar refractivity (Wildman–Crippen MR) is 111 cm³/mol. The first-order valence-corrected chi connectivity index (χ1v) is 10.6. The number of rotatable bonds is 8. The van der Waals surface area contributed by atoms with Crippen LogP contribution in [0.5, 0.6) is 0 Å². The van der Waals surface area contributed by atoms with Gasteiger partial charge in [0.15, 0.2) is 5.78 Å². The van der Waals surface area contributed by atoms with Crippen LogP contribution in [0.15, 0.2) is 24.3 Å². The zero-order chi connectivity index (χ0) is 20.1. The molecule has 1 aliphatic carbocycles. The summed E-state index contributed by atoms with van der Waals surface area (Å²) in [4.78, 5) is 28.5. The molecule has 0 aliphatic heterocycles. The van der Waals surface area contributed by atoms with E-state index < -0.39 is 0 Å². The van der Waals surface area contributed by atoms with Crippen molar-refractivity contribution in [2.45, 2.75) is 71.6 Å². The van der Waals surface area contributed by atoms with Gasteiger partial charge in [0.05, 0.1) is 6.61 Å². The number of aryl methyl sites for hydroxylation is 1. The number of hydrogen-bond acceptors (Lipinski definition) is 3. The number of esters is 1. The lowest BCUT2D eigenvalue weighted by atomic mass is 9.81. The Morgan fingerprint density at radius 2 is 1.86 bits per heavy atom. The molecule has 3 rings (SSSR count). The minimum atomic E-state index is -0.347. The number of Topliss-reactive ketones (excluding diaryl/α,β-unsaturated/α-hetero) is 1. The fourth-order valence-electron chi connectivity index (χ4n) is 4.06. The van der Waals surface area contributed by atoms with E-state index in [0.29, 0.717) is 24.3 Å². The van der Waals surface area contributed by atoms with E-state index in [1.54, 1.807) is 0 Å². The van der Waals surface area contributed by atoms with Crippen LogP contribution in [-0.2, 0) is 17.6 Å². The summed E-state index contributed by atoms with van der Waals surface area (Å²) < 4.78 is 5.42. The van der Waals surface area contributed by atoms with Gasteiger partial charge in [-0.2, -0.15) is 0 Å². The summed E-state index contributed by atoms with van der Waals surface area (Å²) in [6.45, 7) is 6.57. The van der Waals surface area contributed by atoms with Gasteiger partial charge >= 0.3 is 5.97 Å². The van der Waals surface area contributed by atoms with Gasteiger partial charge in [0.1, 0.15) is 5.69 Å². The number of hydrogen-bond donors (Lipinski definition) is 1. The number of carbonyl (C=O) groups is 2. The van der Waals surface area contributed by atoms with Gasteiger partial charge in [0.2, 0.25) is 0 Å². The molecule has 1 aromatic heterocycles. The van der Waals surface area contributed by atoms with Crippen molar-refractivity contribution in [2.24, 2.45) is 0 Å². The Morgan fingerprint density at radius 3 is 2.54 bits per heavy atom. The number of benzene rings is 1. The van der Waals surface area contributed by atoms with Crippen molar-refractivity contribution in [3.05, 3.63) is 57.9 Å². The van der Waals surface area contributed by atoms with E-state index in [-0.39, 0.29) is 17.7 Å². The fourth-order valence-corrected chi connectivity index (χ4v) is 4.06. The Hall–Kier alpha value is -2.36. The number of carbonyl (C=O) groups excluding carboxylic acids is 2. The molecule has 1 atom stereocenters. The lowest BCUT2D eigenvalue weighted by molar-refractivity contribution is 0.0490. The van der Waals surface area contributed by atoms with Crippen LogP contribution in [0, 0.1) is 6.92 Å². The molecule has 0 fully saturated rings. The second-order valence-electron chi connectivity index (χ2n) is 7.80. The third-order valence-corrected chi connectivity index (χ3v) is 5.78. The Bertz CT molecular complexity index is 832. The third kappa shape index (κ3) is 4.37. The molecule has 0 saturated carbocycles. The first-order valence-electron chi connectivity index (χ1n) is 10.6. The van der Waals surface area contributed by atoms with E-state index in [0.717, 1.165) is 49.8 Å². The molecule has 1 aromatic carbocycles. The number of H-pyrrole nitrogens is 1. The normalized spacial score (nSPS) is 16.1. The SMILES string of the molecule is CCCCCCOC(=O)c1[nH]c2c(c1C)C(=O)C[C@@H](c1ccc(CC)cc1)C2. The largest absolute Gasteiger partial charge is 0.461 e.